The number of benzene rings is 1. The Morgan fingerprint density at radius 1 is 1.43 bits per heavy atom. The third-order valence-corrected chi connectivity index (χ3v) is 3.78. The quantitative estimate of drug-likeness (QED) is 0.771. The summed E-state index contributed by atoms with van der Waals surface area (Å²) in [6.45, 7) is 1.90. The minimum absolute atomic E-state index is 0.599. The molecule has 0 saturated heterocycles. The number of hydrogen-bond donors (Lipinski definition) is 1. The van der Waals surface area contributed by atoms with Gasteiger partial charge in [0, 0.05) is 16.6 Å². The first-order valence-corrected chi connectivity index (χ1v) is 6.31. The first-order chi connectivity index (χ1) is 6.61. The number of aryl methyl sites for hydroxylation is 1. The summed E-state index contributed by atoms with van der Waals surface area (Å²) in [6, 6.07) is 3.59. The lowest BCUT2D eigenvalue weighted by Gasteiger charge is -1.99. The molecular formula is C9H7Cl2NOS. The maximum atomic E-state index is 11.1. The number of halogens is 2. The SMILES string of the molecule is Cc1c(Cl)ccc2c(S(=O)Cl)c[nH]c12. The smallest absolute Gasteiger partial charge is 0.149 e. The van der Waals surface area contributed by atoms with Crippen LogP contribution in [0.15, 0.2) is 23.2 Å². The second-order valence-corrected chi connectivity index (χ2v) is 5.11. The summed E-state index contributed by atoms with van der Waals surface area (Å²) >= 11 is 5.95. The monoisotopic (exact) mass is 247 g/mol. The summed E-state index contributed by atoms with van der Waals surface area (Å²) in [6.07, 6.45) is 1.65. The molecule has 0 radical (unpaired) electrons. The lowest BCUT2D eigenvalue weighted by Crippen LogP contribution is -1.80. The Balaban J connectivity index is 2.83. The highest BCUT2D eigenvalue weighted by Crippen LogP contribution is 2.29. The first-order valence-electron chi connectivity index (χ1n) is 3.95. The van der Waals surface area contributed by atoms with Gasteiger partial charge in [0.05, 0.1) is 10.4 Å². The molecule has 14 heavy (non-hydrogen) atoms. The van der Waals surface area contributed by atoms with Gasteiger partial charge in [0.2, 0.25) is 0 Å². The van der Waals surface area contributed by atoms with Gasteiger partial charge in [-0.2, -0.15) is 0 Å². The fraction of sp³-hybridized carbons (Fsp3) is 0.111. The molecule has 0 bridgehead atoms. The number of rotatable bonds is 1. The molecule has 0 amide bonds. The van der Waals surface area contributed by atoms with E-state index in [0.29, 0.717) is 9.92 Å². The summed E-state index contributed by atoms with van der Waals surface area (Å²) in [4.78, 5) is 3.62. The van der Waals surface area contributed by atoms with E-state index in [1.54, 1.807) is 12.3 Å². The lowest BCUT2D eigenvalue weighted by atomic mass is 10.2. The van der Waals surface area contributed by atoms with Crippen LogP contribution in [0.2, 0.25) is 5.02 Å². The Morgan fingerprint density at radius 3 is 2.79 bits per heavy atom. The van der Waals surface area contributed by atoms with Gasteiger partial charge in [-0.1, -0.05) is 17.7 Å². The number of hydrogen-bond acceptors (Lipinski definition) is 1. The molecule has 1 aromatic carbocycles. The molecular weight excluding hydrogens is 241 g/mol. The van der Waals surface area contributed by atoms with Gasteiger partial charge in [-0.05, 0) is 29.2 Å². The Hall–Kier alpha value is -0.510. The Labute approximate surface area is 93.2 Å². The molecule has 1 heterocycles. The molecule has 74 valence electrons. The third-order valence-electron chi connectivity index (χ3n) is 2.18. The molecule has 0 aliphatic rings. The zero-order valence-corrected chi connectivity index (χ0v) is 9.63. The minimum atomic E-state index is -1.49. The molecule has 1 aromatic heterocycles. The van der Waals surface area contributed by atoms with Crippen molar-refractivity contribution in [3.63, 3.8) is 0 Å². The first kappa shape index (κ1) is 10.0. The average molecular weight is 248 g/mol. The summed E-state index contributed by atoms with van der Waals surface area (Å²) in [5.41, 5.74) is 1.83. The van der Waals surface area contributed by atoms with Crippen molar-refractivity contribution in [2.75, 3.05) is 0 Å². The maximum Gasteiger partial charge on any atom is 0.149 e. The zero-order chi connectivity index (χ0) is 10.3. The number of nitrogens with one attached hydrogen (secondary N) is 1. The molecule has 1 unspecified atom stereocenters. The zero-order valence-electron chi connectivity index (χ0n) is 7.30. The second kappa shape index (κ2) is 3.57. The molecule has 5 heteroatoms. The summed E-state index contributed by atoms with van der Waals surface area (Å²) in [5.74, 6) is 0. The van der Waals surface area contributed by atoms with Crippen molar-refractivity contribution in [1.82, 2.24) is 4.98 Å². The van der Waals surface area contributed by atoms with Crippen LogP contribution < -0.4 is 0 Å². The van der Waals surface area contributed by atoms with E-state index in [9.17, 15) is 4.21 Å². The number of aromatic nitrogens is 1. The molecule has 2 rings (SSSR count). The largest absolute Gasteiger partial charge is 0.360 e. The van der Waals surface area contributed by atoms with Crippen LogP contribution in [0.1, 0.15) is 5.56 Å². The van der Waals surface area contributed by atoms with Crippen LogP contribution in [0, 0.1) is 6.92 Å². The average Bonchev–Trinajstić information content (AvgIpc) is 2.55. The number of aromatic amines is 1. The molecule has 2 nitrogen and oxygen atoms in total. The van der Waals surface area contributed by atoms with Crippen LogP contribution in [0.5, 0.6) is 0 Å². The van der Waals surface area contributed by atoms with Gasteiger partial charge >= 0.3 is 0 Å². The van der Waals surface area contributed by atoms with E-state index in [1.165, 1.54) is 0 Å². The van der Waals surface area contributed by atoms with E-state index in [0.717, 1.165) is 16.5 Å². The predicted molar refractivity (Wildman–Crippen MR) is 60.3 cm³/mol. The van der Waals surface area contributed by atoms with Gasteiger partial charge in [-0.3, -0.25) is 0 Å². The van der Waals surface area contributed by atoms with Gasteiger partial charge in [-0.25, -0.2) is 4.21 Å². The molecule has 1 atom stereocenters. The minimum Gasteiger partial charge on any atom is -0.360 e. The van der Waals surface area contributed by atoms with Gasteiger partial charge in [0.25, 0.3) is 0 Å². The van der Waals surface area contributed by atoms with Crippen molar-refractivity contribution in [3.05, 3.63) is 28.9 Å². The molecule has 0 aliphatic heterocycles. The standard InChI is InChI=1S/C9H7Cl2NOS/c1-5-7(10)3-2-6-8(14(11)13)4-12-9(5)6/h2-4,12H,1H3. The fourth-order valence-corrected chi connectivity index (χ4v) is 2.46. The molecule has 0 saturated carbocycles. The van der Waals surface area contributed by atoms with Crippen LogP contribution in [0.25, 0.3) is 10.9 Å². The predicted octanol–water partition coefficient (Wildman–Crippen LogP) is 3.39. The van der Waals surface area contributed by atoms with Crippen LogP contribution in [-0.4, -0.2) is 9.19 Å². The van der Waals surface area contributed by atoms with E-state index < -0.39 is 10.0 Å². The summed E-state index contributed by atoms with van der Waals surface area (Å²) in [7, 11) is 4.05. The number of fused-ring (bicyclic) bond motifs is 1. The van der Waals surface area contributed by atoms with Gasteiger partial charge in [-0.15, -0.1) is 0 Å². The summed E-state index contributed by atoms with van der Waals surface area (Å²) < 4.78 is 11.1. The van der Waals surface area contributed by atoms with Crippen molar-refractivity contribution >= 4 is 43.2 Å². The van der Waals surface area contributed by atoms with E-state index in [1.807, 2.05) is 13.0 Å². The molecule has 1 N–H and O–H groups in total. The van der Waals surface area contributed by atoms with E-state index >= 15 is 0 Å². The molecule has 0 aliphatic carbocycles. The Morgan fingerprint density at radius 2 is 2.14 bits per heavy atom. The molecule has 0 fully saturated rings. The topological polar surface area (TPSA) is 32.9 Å². The maximum absolute atomic E-state index is 11.1. The summed E-state index contributed by atoms with van der Waals surface area (Å²) in [5, 5.41) is 1.55. The van der Waals surface area contributed by atoms with E-state index in [-0.39, 0.29) is 0 Å². The van der Waals surface area contributed by atoms with Crippen molar-refractivity contribution in [2.45, 2.75) is 11.8 Å². The molecule has 2 aromatic rings. The van der Waals surface area contributed by atoms with Crippen LogP contribution >= 0.6 is 22.3 Å². The Bertz CT molecular complexity index is 521. The highest BCUT2D eigenvalue weighted by Gasteiger charge is 2.11. The highest BCUT2D eigenvalue weighted by atomic mass is 35.7. The molecule has 0 spiro atoms. The van der Waals surface area contributed by atoms with Crippen LogP contribution in [-0.2, 0) is 10.0 Å². The lowest BCUT2D eigenvalue weighted by molar-refractivity contribution is 0.691. The van der Waals surface area contributed by atoms with Crippen molar-refractivity contribution in [3.8, 4) is 0 Å². The second-order valence-electron chi connectivity index (χ2n) is 2.97. The van der Waals surface area contributed by atoms with Gasteiger partial charge in [0.1, 0.15) is 10.0 Å². The van der Waals surface area contributed by atoms with Gasteiger partial charge < -0.3 is 4.98 Å². The Kier molecular flexibility index (Phi) is 2.56. The number of H-pyrrole nitrogens is 1. The fourth-order valence-electron chi connectivity index (χ4n) is 1.43. The van der Waals surface area contributed by atoms with Crippen molar-refractivity contribution in [2.24, 2.45) is 0 Å². The normalized spacial score (nSPS) is 13.4. The van der Waals surface area contributed by atoms with Crippen LogP contribution in [0.3, 0.4) is 0 Å². The van der Waals surface area contributed by atoms with Crippen molar-refractivity contribution in [1.29, 1.82) is 0 Å². The highest BCUT2D eigenvalue weighted by molar-refractivity contribution is 8.08. The van der Waals surface area contributed by atoms with Gasteiger partial charge in [0.15, 0.2) is 0 Å². The van der Waals surface area contributed by atoms with E-state index in [2.05, 4.69) is 4.98 Å². The van der Waals surface area contributed by atoms with E-state index in [4.69, 9.17) is 22.3 Å². The third kappa shape index (κ3) is 1.45. The van der Waals surface area contributed by atoms with Crippen LogP contribution in [0.4, 0.5) is 0 Å². The van der Waals surface area contributed by atoms with Crippen molar-refractivity contribution < 1.29 is 4.21 Å².